The fraction of sp³-hybridized carbons (Fsp3) is 0. The molecule has 0 spiro atoms. The smallest absolute Gasteiger partial charge is 0.238 e. The fourth-order valence-electron chi connectivity index (χ4n) is 9.49. The van der Waals surface area contributed by atoms with E-state index in [0.717, 1.165) is 66.2 Å². The lowest BCUT2D eigenvalue weighted by Crippen LogP contribution is -2.07. The van der Waals surface area contributed by atoms with Crippen LogP contribution in [0.15, 0.2) is 212 Å². The van der Waals surface area contributed by atoms with Crippen molar-refractivity contribution in [1.29, 1.82) is 0 Å². The minimum absolute atomic E-state index is 0.566. The molecule has 0 saturated carbocycles. The van der Waals surface area contributed by atoms with Gasteiger partial charge in [-0.15, -0.1) is 11.3 Å². The number of thiophene rings is 1. The molecule has 0 N–H and O–H groups in total. The standard InChI is InChI=1S/C57H35N5S/c1-3-15-36(16-4-1)38-19-13-20-39(33-38)40-21-14-22-42(34-40)61-49-26-10-7-23-43(49)46-30-31-47-44-24-8-11-27-50(44)62(54(47)53(46)61)57-59-55(37-17-5-2-6-18-37)58-56(60-57)41-29-32-52-48(35-41)45-25-9-12-28-51(45)63-52/h1-35H. The number of aromatic nitrogens is 5. The molecule has 294 valence electrons. The number of benzene rings is 9. The molecule has 5 nitrogen and oxygen atoms in total. The molecule has 4 heterocycles. The lowest BCUT2D eigenvalue weighted by molar-refractivity contribution is 0.953. The summed E-state index contributed by atoms with van der Waals surface area (Å²) in [7, 11) is 0. The van der Waals surface area contributed by atoms with Crippen LogP contribution in [0.3, 0.4) is 0 Å². The molecule has 0 amide bonds. The van der Waals surface area contributed by atoms with Crippen molar-refractivity contribution in [2.24, 2.45) is 0 Å². The first-order valence-corrected chi connectivity index (χ1v) is 22.0. The van der Waals surface area contributed by atoms with E-state index in [1.807, 2.05) is 29.5 Å². The average molecular weight is 822 g/mol. The maximum atomic E-state index is 5.43. The van der Waals surface area contributed by atoms with Gasteiger partial charge in [0.25, 0.3) is 0 Å². The van der Waals surface area contributed by atoms with E-state index in [0.29, 0.717) is 17.6 Å². The summed E-state index contributed by atoms with van der Waals surface area (Å²) in [6.07, 6.45) is 0. The summed E-state index contributed by atoms with van der Waals surface area (Å²) in [5, 5.41) is 7.04. The molecular formula is C57H35N5S. The Hall–Kier alpha value is -8.19. The van der Waals surface area contributed by atoms with Gasteiger partial charge in [0, 0.05) is 58.5 Å². The van der Waals surface area contributed by atoms with Gasteiger partial charge in [0.1, 0.15) is 0 Å². The molecule has 0 radical (unpaired) electrons. The zero-order valence-electron chi connectivity index (χ0n) is 33.9. The minimum atomic E-state index is 0.566. The molecule has 0 bridgehead atoms. The molecule has 4 aromatic heterocycles. The van der Waals surface area contributed by atoms with Gasteiger partial charge < -0.3 is 4.57 Å². The van der Waals surface area contributed by atoms with Crippen LogP contribution < -0.4 is 0 Å². The van der Waals surface area contributed by atoms with Crippen LogP contribution in [0.5, 0.6) is 0 Å². The molecule has 13 aromatic rings. The molecule has 0 aliphatic carbocycles. The van der Waals surface area contributed by atoms with Crippen molar-refractivity contribution in [3.63, 3.8) is 0 Å². The van der Waals surface area contributed by atoms with Gasteiger partial charge in [-0.3, -0.25) is 4.57 Å². The van der Waals surface area contributed by atoms with Gasteiger partial charge in [0.15, 0.2) is 11.6 Å². The molecule has 0 fully saturated rings. The molecule has 0 atom stereocenters. The topological polar surface area (TPSA) is 48.5 Å². The monoisotopic (exact) mass is 821 g/mol. The lowest BCUT2D eigenvalue weighted by atomic mass is 9.99. The van der Waals surface area contributed by atoms with Crippen LogP contribution in [0.25, 0.3) is 120 Å². The third-order valence-electron chi connectivity index (χ3n) is 12.4. The Morgan fingerprint density at radius 2 is 0.825 bits per heavy atom. The van der Waals surface area contributed by atoms with Crippen LogP contribution in [0, 0.1) is 0 Å². The number of nitrogens with zero attached hydrogens (tertiary/aromatic N) is 5. The van der Waals surface area contributed by atoms with Gasteiger partial charge in [0.2, 0.25) is 5.95 Å². The maximum Gasteiger partial charge on any atom is 0.238 e. The van der Waals surface area contributed by atoms with Crippen LogP contribution in [-0.4, -0.2) is 24.1 Å². The van der Waals surface area contributed by atoms with E-state index in [4.69, 9.17) is 15.0 Å². The van der Waals surface area contributed by atoms with Crippen LogP contribution in [0.2, 0.25) is 0 Å². The molecule has 0 unspecified atom stereocenters. The third kappa shape index (κ3) is 5.73. The molecule has 6 heteroatoms. The Labute approximate surface area is 366 Å². The van der Waals surface area contributed by atoms with Crippen molar-refractivity contribution in [2.75, 3.05) is 0 Å². The zero-order valence-corrected chi connectivity index (χ0v) is 34.7. The van der Waals surface area contributed by atoms with Crippen molar-refractivity contribution >= 4 is 75.1 Å². The molecule has 9 aromatic carbocycles. The van der Waals surface area contributed by atoms with Crippen molar-refractivity contribution in [3.05, 3.63) is 212 Å². The van der Waals surface area contributed by atoms with E-state index in [1.54, 1.807) is 0 Å². The maximum absolute atomic E-state index is 5.43. The SMILES string of the molecule is c1ccc(-c2cccc(-c3cccc(-n4c5ccccc5c5ccc6c7ccccc7n(-c7nc(-c8ccccc8)nc(-c8ccc9sc%10ccccc%10c9c8)n7)c6c54)c3)c2)cc1. The Bertz CT molecular complexity index is 3920. The number of hydrogen-bond donors (Lipinski definition) is 0. The first kappa shape index (κ1) is 35.6. The van der Waals surface area contributed by atoms with Crippen molar-refractivity contribution in [2.45, 2.75) is 0 Å². The largest absolute Gasteiger partial charge is 0.307 e. The van der Waals surface area contributed by atoms with E-state index in [-0.39, 0.29) is 0 Å². The Balaban J connectivity index is 1.09. The van der Waals surface area contributed by atoms with Gasteiger partial charge >= 0.3 is 0 Å². The Kier molecular flexibility index (Phi) is 8.01. The highest BCUT2D eigenvalue weighted by molar-refractivity contribution is 7.25. The first-order valence-electron chi connectivity index (χ1n) is 21.2. The van der Waals surface area contributed by atoms with Crippen LogP contribution in [0.1, 0.15) is 0 Å². The van der Waals surface area contributed by atoms with E-state index in [9.17, 15) is 0 Å². The van der Waals surface area contributed by atoms with Gasteiger partial charge in [-0.2, -0.15) is 9.97 Å². The summed E-state index contributed by atoms with van der Waals surface area (Å²) in [5.41, 5.74) is 11.9. The van der Waals surface area contributed by atoms with Crippen LogP contribution in [-0.2, 0) is 0 Å². The van der Waals surface area contributed by atoms with E-state index in [2.05, 4.69) is 203 Å². The first-order chi connectivity index (χ1) is 31.2. The van der Waals surface area contributed by atoms with Gasteiger partial charge in [-0.05, 0) is 76.9 Å². The quantitative estimate of drug-likeness (QED) is 0.168. The molecule has 63 heavy (non-hydrogen) atoms. The summed E-state index contributed by atoms with van der Waals surface area (Å²) in [5.74, 6) is 1.81. The highest BCUT2D eigenvalue weighted by Crippen LogP contribution is 2.43. The third-order valence-corrected chi connectivity index (χ3v) is 13.5. The highest BCUT2D eigenvalue weighted by Gasteiger charge is 2.24. The number of rotatable bonds is 6. The lowest BCUT2D eigenvalue weighted by Gasteiger charge is -2.14. The second kappa shape index (κ2) is 14.2. The fourth-order valence-corrected chi connectivity index (χ4v) is 10.6. The minimum Gasteiger partial charge on any atom is -0.307 e. The molecule has 0 aliphatic heterocycles. The van der Waals surface area contributed by atoms with Gasteiger partial charge in [0.05, 0.1) is 22.1 Å². The normalized spacial score (nSPS) is 11.8. The Morgan fingerprint density at radius 1 is 0.302 bits per heavy atom. The second-order valence-corrected chi connectivity index (χ2v) is 17.1. The summed E-state index contributed by atoms with van der Waals surface area (Å²) in [6, 6.07) is 75.7. The van der Waals surface area contributed by atoms with Crippen molar-refractivity contribution in [1.82, 2.24) is 24.1 Å². The second-order valence-electron chi connectivity index (χ2n) is 16.0. The predicted octanol–water partition coefficient (Wildman–Crippen LogP) is 15.1. The van der Waals surface area contributed by atoms with Crippen molar-refractivity contribution < 1.29 is 0 Å². The zero-order chi connectivity index (χ0) is 41.4. The molecule has 0 saturated heterocycles. The highest BCUT2D eigenvalue weighted by atomic mass is 32.1. The van der Waals surface area contributed by atoms with Crippen molar-refractivity contribution in [3.8, 4) is 56.7 Å². The molecule has 0 aliphatic rings. The van der Waals surface area contributed by atoms with Crippen LogP contribution >= 0.6 is 11.3 Å². The summed E-state index contributed by atoms with van der Waals surface area (Å²) in [4.78, 5) is 16.0. The van der Waals surface area contributed by atoms with Crippen LogP contribution in [0.4, 0.5) is 0 Å². The summed E-state index contributed by atoms with van der Waals surface area (Å²) in [6.45, 7) is 0. The van der Waals surface area contributed by atoms with E-state index < -0.39 is 0 Å². The molecule has 13 rings (SSSR count). The predicted molar refractivity (Wildman–Crippen MR) is 263 cm³/mol. The number of para-hydroxylation sites is 2. The summed E-state index contributed by atoms with van der Waals surface area (Å²) < 4.78 is 7.21. The average Bonchev–Trinajstić information content (AvgIpc) is 4.02. The molecular weight excluding hydrogens is 787 g/mol. The van der Waals surface area contributed by atoms with E-state index in [1.165, 1.54) is 36.7 Å². The number of hydrogen-bond acceptors (Lipinski definition) is 4. The van der Waals surface area contributed by atoms with Gasteiger partial charge in [-0.25, -0.2) is 4.98 Å². The Morgan fingerprint density at radius 3 is 1.56 bits per heavy atom. The van der Waals surface area contributed by atoms with E-state index >= 15 is 0 Å². The summed E-state index contributed by atoms with van der Waals surface area (Å²) >= 11 is 1.81. The number of fused-ring (bicyclic) bond motifs is 10. The van der Waals surface area contributed by atoms with Gasteiger partial charge in [-0.1, -0.05) is 158 Å².